The van der Waals surface area contributed by atoms with E-state index in [1.54, 1.807) is 0 Å². The number of benzene rings is 2. The SMILES string of the molecule is CC(C)(C)c1ccc(OCc2nn3cc(-c4ccccc4)c4c3n2CCCC4)cc1. The standard InChI is InChI=1S/C26H29N3O/c1-26(2,3)20-12-14-21(15-13-20)30-18-24-27-29-17-23(19-9-5-4-6-10-19)22-11-7-8-16-28(24)25(22)29/h4-6,9-10,12-15,17H,7-8,11,16,18H2,1-3H3. The Kier molecular flexibility index (Phi) is 4.65. The predicted molar refractivity (Wildman–Crippen MR) is 121 cm³/mol. The molecule has 2 aromatic carbocycles. The Bertz CT molecular complexity index is 1160. The number of aromatic nitrogens is 3. The van der Waals surface area contributed by atoms with E-state index in [0.717, 1.165) is 24.5 Å². The second kappa shape index (κ2) is 7.35. The number of hydrogen-bond acceptors (Lipinski definition) is 2. The fraction of sp³-hybridized carbons (Fsp3) is 0.346. The molecular formula is C26H29N3O. The number of ether oxygens (including phenoxy) is 1. The van der Waals surface area contributed by atoms with Gasteiger partial charge in [0.05, 0.1) is 0 Å². The molecule has 0 atom stereocenters. The van der Waals surface area contributed by atoms with Gasteiger partial charge < -0.3 is 9.30 Å². The van der Waals surface area contributed by atoms with Gasteiger partial charge >= 0.3 is 0 Å². The maximum atomic E-state index is 6.12. The van der Waals surface area contributed by atoms with Gasteiger partial charge in [-0.2, -0.15) is 0 Å². The zero-order chi connectivity index (χ0) is 20.7. The number of hydrogen-bond donors (Lipinski definition) is 0. The van der Waals surface area contributed by atoms with E-state index in [1.807, 2.05) is 0 Å². The zero-order valence-corrected chi connectivity index (χ0v) is 18.1. The molecule has 4 heteroatoms. The third kappa shape index (κ3) is 3.41. The van der Waals surface area contributed by atoms with Crippen LogP contribution in [0.25, 0.3) is 16.8 Å². The first-order chi connectivity index (χ1) is 14.5. The fourth-order valence-corrected chi connectivity index (χ4v) is 4.41. The average Bonchev–Trinajstić information content (AvgIpc) is 3.16. The van der Waals surface area contributed by atoms with E-state index in [9.17, 15) is 0 Å². The van der Waals surface area contributed by atoms with Crippen molar-refractivity contribution in [2.24, 2.45) is 0 Å². The van der Waals surface area contributed by atoms with Crippen molar-refractivity contribution in [3.63, 3.8) is 0 Å². The van der Waals surface area contributed by atoms with E-state index in [1.165, 1.54) is 40.7 Å². The quantitative estimate of drug-likeness (QED) is 0.420. The predicted octanol–water partition coefficient (Wildman–Crippen LogP) is 6.02. The lowest BCUT2D eigenvalue weighted by Gasteiger charge is -2.19. The highest BCUT2D eigenvalue weighted by Gasteiger charge is 2.22. The van der Waals surface area contributed by atoms with Gasteiger partial charge in [0.1, 0.15) is 18.0 Å². The van der Waals surface area contributed by atoms with Crippen LogP contribution in [0.3, 0.4) is 0 Å². The van der Waals surface area contributed by atoms with E-state index in [0.29, 0.717) is 6.61 Å². The summed E-state index contributed by atoms with van der Waals surface area (Å²) in [7, 11) is 0. The molecule has 0 radical (unpaired) electrons. The molecule has 1 aliphatic rings. The molecule has 5 rings (SSSR count). The summed E-state index contributed by atoms with van der Waals surface area (Å²) in [5, 5.41) is 4.90. The van der Waals surface area contributed by atoms with Crippen LogP contribution in [0.2, 0.25) is 0 Å². The molecule has 30 heavy (non-hydrogen) atoms. The Morgan fingerprint density at radius 3 is 2.47 bits per heavy atom. The van der Waals surface area contributed by atoms with Gasteiger partial charge in [-0.1, -0.05) is 63.2 Å². The average molecular weight is 400 g/mol. The van der Waals surface area contributed by atoms with E-state index >= 15 is 0 Å². The first kappa shape index (κ1) is 19.0. The Labute approximate surface area is 178 Å². The summed E-state index contributed by atoms with van der Waals surface area (Å²) in [6.45, 7) is 8.16. The van der Waals surface area contributed by atoms with Crippen LogP contribution in [0, 0.1) is 0 Å². The van der Waals surface area contributed by atoms with Gasteiger partial charge in [-0.05, 0) is 47.9 Å². The Morgan fingerprint density at radius 1 is 0.967 bits per heavy atom. The topological polar surface area (TPSA) is 31.5 Å². The van der Waals surface area contributed by atoms with Gasteiger partial charge in [0.2, 0.25) is 0 Å². The zero-order valence-electron chi connectivity index (χ0n) is 18.1. The lowest BCUT2D eigenvalue weighted by molar-refractivity contribution is 0.288. The highest BCUT2D eigenvalue weighted by molar-refractivity contribution is 5.75. The smallest absolute Gasteiger partial charge is 0.169 e. The molecule has 0 spiro atoms. The summed E-state index contributed by atoms with van der Waals surface area (Å²) in [4.78, 5) is 0. The maximum absolute atomic E-state index is 6.12. The second-order valence-electron chi connectivity index (χ2n) is 9.24. The van der Waals surface area contributed by atoms with Crippen LogP contribution in [0.1, 0.15) is 50.6 Å². The van der Waals surface area contributed by atoms with Gasteiger partial charge in [0, 0.05) is 23.9 Å². The molecule has 0 saturated heterocycles. The first-order valence-electron chi connectivity index (χ1n) is 10.9. The molecule has 2 aromatic heterocycles. The Morgan fingerprint density at radius 2 is 1.73 bits per heavy atom. The van der Waals surface area contributed by atoms with Gasteiger partial charge in [0.15, 0.2) is 5.82 Å². The summed E-state index contributed by atoms with van der Waals surface area (Å²) in [6.07, 6.45) is 5.66. The van der Waals surface area contributed by atoms with Crippen LogP contribution in [0.15, 0.2) is 60.8 Å². The van der Waals surface area contributed by atoms with Crippen molar-refractivity contribution >= 4 is 5.65 Å². The lowest BCUT2D eigenvalue weighted by Crippen LogP contribution is -2.11. The largest absolute Gasteiger partial charge is 0.486 e. The van der Waals surface area contributed by atoms with Gasteiger partial charge in [-0.3, -0.25) is 0 Å². The number of rotatable bonds is 4. The molecule has 0 N–H and O–H groups in total. The molecule has 3 heterocycles. The Balaban J connectivity index is 1.44. The Hall–Kier alpha value is -3.01. The highest BCUT2D eigenvalue weighted by Crippen LogP contribution is 2.33. The highest BCUT2D eigenvalue weighted by atomic mass is 16.5. The molecule has 0 bridgehead atoms. The van der Waals surface area contributed by atoms with Crippen molar-refractivity contribution in [3.8, 4) is 16.9 Å². The van der Waals surface area contributed by atoms with E-state index < -0.39 is 0 Å². The minimum absolute atomic E-state index is 0.149. The van der Waals surface area contributed by atoms with Crippen molar-refractivity contribution < 1.29 is 4.74 Å². The maximum Gasteiger partial charge on any atom is 0.169 e. The minimum Gasteiger partial charge on any atom is -0.486 e. The summed E-state index contributed by atoms with van der Waals surface area (Å²) in [6, 6.07) is 19.1. The van der Waals surface area contributed by atoms with E-state index in [4.69, 9.17) is 9.84 Å². The van der Waals surface area contributed by atoms with Crippen LogP contribution in [-0.4, -0.2) is 14.2 Å². The van der Waals surface area contributed by atoms with E-state index in [-0.39, 0.29) is 5.41 Å². The van der Waals surface area contributed by atoms with Gasteiger partial charge in [-0.15, -0.1) is 5.10 Å². The van der Waals surface area contributed by atoms with Crippen molar-refractivity contribution in [1.29, 1.82) is 0 Å². The monoisotopic (exact) mass is 399 g/mol. The minimum atomic E-state index is 0.149. The molecular weight excluding hydrogens is 370 g/mol. The molecule has 0 aliphatic carbocycles. The van der Waals surface area contributed by atoms with Gasteiger partial charge in [0.25, 0.3) is 0 Å². The van der Waals surface area contributed by atoms with Crippen LogP contribution in [-0.2, 0) is 25.0 Å². The van der Waals surface area contributed by atoms with Crippen LogP contribution >= 0.6 is 0 Å². The summed E-state index contributed by atoms with van der Waals surface area (Å²) < 4.78 is 10.5. The van der Waals surface area contributed by atoms with Crippen molar-refractivity contribution in [3.05, 3.63) is 77.7 Å². The van der Waals surface area contributed by atoms with Crippen molar-refractivity contribution in [1.82, 2.24) is 14.2 Å². The van der Waals surface area contributed by atoms with Crippen LogP contribution in [0.4, 0.5) is 0 Å². The van der Waals surface area contributed by atoms with Crippen molar-refractivity contribution in [2.75, 3.05) is 0 Å². The molecule has 154 valence electrons. The summed E-state index contributed by atoms with van der Waals surface area (Å²) in [5.74, 6) is 1.88. The molecule has 0 saturated carbocycles. The summed E-state index contributed by atoms with van der Waals surface area (Å²) >= 11 is 0. The van der Waals surface area contributed by atoms with Crippen LogP contribution < -0.4 is 4.74 Å². The molecule has 0 fully saturated rings. The molecule has 0 unspecified atom stereocenters. The van der Waals surface area contributed by atoms with Crippen molar-refractivity contribution in [2.45, 2.75) is 58.6 Å². The fourth-order valence-electron chi connectivity index (χ4n) is 4.41. The van der Waals surface area contributed by atoms with E-state index in [2.05, 4.69) is 90.6 Å². The lowest BCUT2D eigenvalue weighted by atomic mass is 9.87. The molecule has 0 amide bonds. The molecule has 1 aliphatic heterocycles. The molecule has 4 nitrogen and oxygen atoms in total. The van der Waals surface area contributed by atoms with Gasteiger partial charge in [-0.25, -0.2) is 4.52 Å². The molecule has 4 aromatic rings. The number of nitrogens with zero attached hydrogens (tertiary/aromatic N) is 3. The third-order valence-corrected chi connectivity index (χ3v) is 6.09. The number of aryl methyl sites for hydroxylation is 2. The third-order valence-electron chi connectivity index (χ3n) is 6.09. The van der Waals surface area contributed by atoms with Crippen LogP contribution in [0.5, 0.6) is 5.75 Å². The second-order valence-corrected chi connectivity index (χ2v) is 9.24. The normalized spacial score (nSPS) is 14.1. The first-order valence-corrected chi connectivity index (χ1v) is 10.9. The summed E-state index contributed by atoms with van der Waals surface area (Å²) in [5.41, 5.74) is 6.67.